The number of amides is 3. The number of carboxylic acid groups (broad SMARTS) is 1. The highest BCUT2D eigenvalue weighted by Gasteiger charge is 2.38. The summed E-state index contributed by atoms with van der Waals surface area (Å²) in [5.74, 6) is -1.91. The first-order chi connectivity index (χ1) is 7.06. The van der Waals surface area contributed by atoms with Crippen LogP contribution in [0, 0.1) is 0 Å². The molecule has 0 atom stereocenters. The lowest BCUT2D eigenvalue weighted by Gasteiger charge is -2.13. The Morgan fingerprint density at radius 1 is 1.53 bits per heavy atom. The van der Waals surface area contributed by atoms with Crippen molar-refractivity contribution >= 4 is 17.9 Å². The van der Waals surface area contributed by atoms with Crippen LogP contribution in [0.2, 0.25) is 0 Å². The second-order valence-electron chi connectivity index (χ2n) is 2.67. The van der Waals surface area contributed by atoms with E-state index in [1.165, 1.54) is 0 Å². The van der Waals surface area contributed by atoms with Crippen molar-refractivity contribution < 1.29 is 29.4 Å². The quantitative estimate of drug-likeness (QED) is 0.369. The van der Waals surface area contributed by atoms with Crippen LogP contribution in [-0.2, 0) is 19.5 Å². The Hall–Kier alpha value is -1.67. The second kappa shape index (κ2) is 4.71. The van der Waals surface area contributed by atoms with Crippen molar-refractivity contribution in [1.82, 2.24) is 9.96 Å². The highest BCUT2D eigenvalue weighted by atomic mass is 17.3. The fourth-order valence-electron chi connectivity index (χ4n) is 0.983. The number of hydrogen-bond acceptors (Lipinski definition) is 5. The normalized spacial score (nSPS) is 16.3. The van der Waals surface area contributed by atoms with Crippen LogP contribution < -0.4 is 0 Å². The van der Waals surface area contributed by atoms with Gasteiger partial charge < -0.3 is 5.11 Å². The molecule has 1 aliphatic heterocycles. The highest BCUT2D eigenvalue weighted by Crippen LogP contribution is 2.10. The van der Waals surface area contributed by atoms with Gasteiger partial charge in [-0.15, -0.1) is 4.99 Å². The van der Waals surface area contributed by atoms with E-state index >= 15 is 0 Å². The van der Waals surface area contributed by atoms with Gasteiger partial charge in [0.15, 0.2) is 0 Å². The first-order valence-corrected chi connectivity index (χ1v) is 4.19. The van der Waals surface area contributed by atoms with Crippen molar-refractivity contribution in [2.75, 3.05) is 19.7 Å². The van der Waals surface area contributed by atoms with Crippen LogP contribution >= 0.6 is 0 Å². The van der Waals surface area contributed by atoms with Gasteiger partial charge in [0.2, 0.25) is 0 Å². The first-order valence-electron chi connectivity index (χ1n) is 4.19. The van der Waals surface area contributed by atoms with Crippen LogP contribution in [0.25, 0.3) is 0 Å². The van der Waals surface area contributed by atoms with Crippen LogP contribution in [0.4, 0.5) is 4.79 Å². The summed E-state index contributed by atoms with van der Waals surface area (Å²) >= 11 is 0. The predicted molar refractivity (Wildman–Crippen MR) is 44.2 cm³/mol. The zero-order valence-electron chi connectivity index (χ0n) is 8.00. The summed E-state index contributed by atoms with van der Waals surface area (Å²) in [6.45, 7) is 0.823. The Bertz CT molecular complexity index is 291. The standard InChI is InChI=1S/C7H10N2O6/c1-2-14-15-9-3-5(10)8(7(9)13)4-6(11)12/h2-4H2,1H3,(H,11,12). The molecule has 0 unspecified atom stereocenters. The number of carboxylic acids is 1. The van der Waals surface area contributed by atoms with E-state index in [4.69, 9.17) is 5.11 Å². The van der Waals surface area contributed by atoms with Crippen molar-refractivity contribution in [3.63, 3.8) is 0 Å². The van der Waals surface area contributed by atoms with E-state index < -0.39 is 24.5 Å². The number of urea groups is 1. The van der Waals surface area contributed by atoms with Crippen molar-refractivity contribution in [1.29, 1.82) is 0 Å². The molecule has 0 aromatic rings. The summed E-state index contributed by atoms with van der Waals surface area (Å²) in [5, 5.41) is 9.10. The fourth-order valence-corrected chi connectivity index (χ4v) is 0.983. The van der Waals surface area contributed by atoms with Gasteiger partial charge in [0, 0.05) is 0 Å². The molecule has 84 valence electrons. The Morgan fingerprint density at radius 2 is 2.20 bits per heavy atom. The number of imide groups is 1. The zero-order chi connectivity index (χ0) is 11.4. The predicted octanol–water partition coefficient (Wildman–Crippen LogP) is -0.782. The lowest BCUT2D eigenvalue weighted by molar-refractivity contribution is -0.398. The minimum atomic E-state index is -1.27. The topological polar surface area (TPSA) is 96.4 Å². The molecule has 0 aromatic heterocycles. The summed E-state index contributed by atoms with van der Waals surface area (Å²) in [6.07, 6.45) is 0. The summed E-state index contributed by atoms with van der Waals surface area (Å²) in [6, 6.07) is -0.837. The van der Waals surface area contributed by atoms with Crippen LogP contribution in [0.1, 0.15) is 6.92 Å². The Kier molecular flexibility index (Phi) is 3.58. The number of hydrogen-bond donors (Lipinski definition) is 1. The van der Waals surface area contributed by atoms with Crippen molar-refractivity contribution in [2.45, 2.75) is 6.92 Å². The molecule has 1 aliphatic rings. The molecule has 15 heavy (non-hydrogen) atoms. The van der Waals surface area contributed by atoms with Gasteiger partial charge in [0.1, 0.15) is 13.1 Å². The molecule has 0 aromatic carbocycles. The van der Waals surface area contributed by atoms with E-state index in [-0.39, 0.29) is 13.2 Å². The molecule has 0 aliphatic carbocycles. The molecule has 8 nitrogen and oxygen atoms in total. The Morgan fingerprint density at radius 3 is 2.73 bits per heavy atom. The van der Waals surface area contributed by atoms with Gasteiger partial charge in [0.05, 0.1) is 6.61 Å². The molecule has 1 N–H and O–H groups in total. The third-order valence-electron chi connectivity index (χ3n) is 1.58. The molecule has 3 amide bonds. The van der Waals surface area contributed by atoms with E-state index in [0.29, 0.717) is 9.96 Å². The van der Waals surface area contributed by atoms with Gasteiger partial charge in [-0.05, 0) is 6.92 Å². The molecular formula is C7H10N2O6. The van der Waals surface area contributed by atoms with Crippen molar-refractivity contribution in [3.05, 3.63) is 0 Å². The van der Waals surface area contributed by atoms with Gasteiger partial charge in [-0.2, -0.15) is 5.06 Å². The van der Waals surface area contributed by atoms with Crippen LogP contribution in [-0.4, -0.2) is 52.7 Å². The number of carbonyl (C=O) groups excluding carboxylic acids is 2. The third kappa shape index (κ3) is 2.64. The molecule has 1 fully saturated rings. The fraction of sp³-hybridized carbons (Fsp3) is 0.571. The number of carbonyl (C=O) groups is 3. The Labute approximate surface area is 84.8 Å². The van der Waals surface area contributed by atoms with E-state index in [0.717, 1.165) is 0 Å². The zero-order valence-corrected chi connectivity index (χ0v) is 8.00. The molecule has 8 heteroatoms. The van der Waals surface area contributed by atoms with E-state index in [9.17, 15) is 14.4 Å². The molecule has 0 saturated carbocycles. The van der Waals surface area contributed by atoms with Crippen molar-refractivity contribution in [2.24, 2.45) is 0 Å². The smallest absolute Gasteiger partial charge is 0.354 e. The molecule has 1 heterocycles. The van der Waals surface area contributed by atoms with Gasteiger partial charge in [0.25, 0.3) is 5.91 Å². The Balaban J connectivity index is 2.58. The largest absolute Gasteiger partial charge is 0.480 e. The molecule has 0 radical (unpaired) electrons. The van der Waals surface area contributed by atoms with Crippen LogP contribution in [0.3, 0.4) is 0 Å². The maximum atomic E-state index is 11.3. The average Bonchev–Trinajstić information content (AvgIpc) is 2.42. The summed E-state index contributed by atoms with van der Waals surface area (Å²) in [5.41, 5.74) is 0. The number of aliphatic carboxylic acids is 1. The molecular weight excluding hydrogens is 208 g/mol. The minimum Gasteiger partial charge on any atom is -0.480 e. The number of hydroxylamine groups is 2. The van der Waals surface area contributed by atoms with E-state index in [2.05, 4.69) is 9.88 Å². The van der Waals surface area contributed by atoms with Gasteiger partial charge in [-0.3, -0.25) is 9.59 Å². The summed E-state index contributed by atoms with van der Waals surface area (Å²) < 4.78 is 0. The lowest BCUT2D eigenvalue weighted by atomic mass is 10.5. The van der Waals surface area contributed by atoms with Gasteiger partial charge in [-0.1, -0.05) is 0 Å². The SMILES string of the molecule is CCOON1CC(=O)N(CC(=O)O)C1=O. The maximum absolute atomic E-state index is 11.3. The summed E-state index contributed by atoms with van der Waals surface area (Å²) in [4.78, 5) is 42.3. The van der Waals surface area contributed by atoms with Crippen molar-refractivity contribution in [3.8, 4) is 0 Å². The average molecular weight is 218 g/mol. The van der Waals surface area contributed by atoms with E-state index in [1.54, 1.807) is 6.92 Å². The van der Waals surface area contributed by atoms with E-state index in [1.807, 2.05) is 0 Å². The minimum absolute atomic E-state index is 0.205. The molecule has 1 saturated heterocycles. The number of nitrogens with zero attached hydrogens (tertiary/aromatic N) is 2. The monoisotopic (exact) mass is 218 g/mol. The molecule has 0 spiro atoms. The number of rotatable bonds is 5. The van der Waals surface area contributed by atoms with Gasteiger partial charge >= 0.3 is 12.0 Å². The van der Waals surface area contributed by atoms with Crippen LogP contribution in [0.15, 0.2) is 0 Å². The molecule has 0 bridgehead atoms. The third-order valence-corrected chi connectivity index (χ3v) is 1.58. The molecule has 1 rings (SSSR count). The summed E-state index contributed by atoms with van der Waals surface area (Å²) in [7, 11) is 0. The lowest BCUT2D eigenvalue weighted by Crippen LogP contribution is -2.36. The van der Waals surface area contributed by atoms with Crippen LogP contribution in [0.5, 0.6) is 0 Å². The second-order valence-corrected chi connectivity index (χ2v) is 2.67. The highest BCUT2D eigenvalue weighted by molar-refractivity contribution is 6.03. The first kappa shape index (κ1) is 11.4. The maximum Gasteiger partial charge on any atom is 0.354 e. The van der Waals surface area contributed by atoms with Gasteiger partial charge in [-0.25, -0.2) is 14.6 Å².